The molecule has 1 aliphatic rings. The number of fused-ring (bicyclic) bond motifs is 1. The maximum absolute atomic E-state index is 12.3. The second-order valence-electron chi connectivity index (χ2n) is 6.85. The van der Waals surface area contributed by atoms with Gasteiger partial charge in [-0.25, -0.2) is 9.50 Å². The van der Waals surface area contributed by atoms with E-state index in [0.29, 0.717) is 5.92 Å². The number of pyridine rings is 1. The SMILES string of the molecule is O=C(Cn1cc(-c2ccn3ncnc3c2)cn1)Nc1ccc(C2CC2)cc1. The number of anilines is 1. The summed E-state index contributed by atoms with van der Waals surface area (Å²) >= 11 is 0. The first-order valence-electron chi connectivity index (χ1n) is 8.97. The van der Waals surface area contributed by atoms with Crippen molar-refractivity contribution in [3.05, 3.63) is 66.9 Å². The van der Waals surface area contributed by atoms with Gasteiger partial charge in [0.2, 0.25) is 5.91 Å². The summed E-state index contributed by atoms with van der Waals surface area (Å²) in [6.45, 7) is 0.164. The van der Waals surface area contributed by atoms with Gasteiger partial charge in [0.15, 0.2) is 5.65 Å². The summed E-state index contributed by atoms with van der Waals surface area (Å²) in [6, 6.07) is 12.0. The highest BCUT2D eigenvalue weighted by molar-refractivity contribution is 5.90. The van der Waals surface area contributed by atoms with Gasteiger partial charge in [0.1, 0.15) is 12.9 Å². The zero-order valence-corrected chi connectivity index (χ0v) is 14.6. The fourth-order valence-electron chi connectivity index (χ4n) is 3.20. The van der Waals surface area contributed by atoms with Crippen molar-refractivity contribution in [2.75, 3.05) is 5.32 Å². The fraction of sp³-hybridized carbons (Fsp3) is 0.200. The van der Waals surface area contributed by atoms with E-state index in [4.69, 9.17) is 0 Å². The minimum atomic E-state index is -0.100. The van der Waals surface area contributed by atoms with Crippen molar-refractivity contribution in [3.8, 4) is 11.1 Å². The highest BCUT2D eigenvalue weighted by Gasteiger charge is 2.23. The molecule has 27 heavy (non-hydrogen) atoms. The third-order valence-corrected chi connectivity index (χ3v) is 4.80. The Morgan fingerprint density at radius 3 is 2.78 bits per heavy atom. The van der Waals surface area contributed by atoms with Crippen LogP contribution in [0, 0.1) is 0 Å². The topological polar surface area (TPSA) is 77.1 Å². The zero-order chi connectivity index (χ0) is 18.2. The van der Waals surface area contributed by atoms with E-state index in [2.05, 4.69) is 32.6 Å². The normalized spacial score (nSPS) is 13.8. The molecule has 0 saturated heterocycles. The number of nitrogens with one attached hydrogen (secondary N) is 1. The van der Waals surface area contributed by atoms with Gasteiger partial charge in [-0.1, -0.05) is 12.1 Å². The van der Waals surface area contributed by atoms with E-state index in [-0.39, 0.29) is 12.5 Å². The molecule has 1 N–H and O–H groups in total. The standard InChI is InChI=1S/C20H18N6O/c27-20(24-18-5-3-15(4-6-18)14-1-2-14)12-25-11-17(10-22-25)16-7-8-26-19(9-16)21-13-23-26/h3-11,13-14H,1-2,12H2,(H,24,27). The van der Waals surface area contributed by atoms with Gasteiger partial charge in [-0.05, 0) is 54.2 Å². The molecule has 4 aromatic rings. The number of hydrogen-bond acceptors (Lipinski definition) is 4. The minimum absolute atomic E-state index is 0.100. The highest BCUT2D eigenvalue weighted by atomic mass is 16.2. The second kappa shape index (κ2) is 6.35. The Kier molecular flexibility index (Phi) is 3.71. The quantitative estimate of drug-likeness (QED) is 0.595. The minimum Gasteiger partial charge on any atom is -0.324 e. The van der Waals surface area contributed by atoms with Gasteiger partial charge in [0, 0.05) is 23.6 Å². The number of aromatic nitrogens is 5. The number of carbonyl (C=O) groups is 1. The average Bonchev–Trinajstić information content (AvgIpc) is 3.24. The van der Waals surface area contributed by atoms with Crippen molar-refractivity contribution < 1.29 is 4.79 Å². The van der Waals surface area contributed by atoms with Crippen LogP contribution in [0.5, 0.6) is 0 Å². The van der Waals surface area contributed by atoms with Crippen LogP contribution < -0.4 is 5.32 Å². The van der Waals surface area contributed by atoms with Crippen LogP contribution in [0.3, 0.4) is 0 Å². The van der Waals surface area contributed by atoms with Crippen LogP contribution in [0.15, 0.2) is 61.3 Å². The van der Waals surface area contributed by atoms with E-state index in [9.17, 15) is 4.79 Å². The molecular formula is C20H18N6O. The number of rotatable bonds is 5. The summed E-state index contributed by atoms with van der Waals surface area (Å²) in [7, 11) is 0. The first-order valence-corrected chi connectivity index (χ1v) is 8.97. The Balaban J connectivity index is 1.26. The first kappa shape index (κ1) is 15.7. The molecule has 134 valence electrons. The lowest BCUT2D eigenvalue weighted by atomic mass is 10.1. The van der Waals surface area contributed by atoms with Crippen LogP contribution >= 0.6 is 0 Å². The molecule has 0 bridgehead atoms. The van der Waals surface area contributed by atoms with Gasteiger partial charge < -0.3 is 5.32 Å². The van der Waals surface area contributed by atoms with Crippen molar-refractivity contribution in [1.29, 1.82) is 0 Å². The van der Waals surface area contributed by atoms with E-state index < -0.39 is 0 Å². The van der Waals surface area contributed by atoms with E-state index in [0.717, 1.165) is 22.5 Å². The molecule has 1 aromatic carbocycles. The molecule has 0 radical (unpaired) electrons. The molecule has 3 aromatic heterocycles. The zero-order valence-electron chi connectivity index (χ0n) is 14.6. The second-order valence-corrected chi connectivity index (χ2v) is 6.85. The molecule has 0 spiro atoms. The van der Waals surface area contributed by atoms with Crippen molar-refractivity contribution in [2.24, 2.45) is 0 Å². The molecule has 3 heterocycles. The van der Waals surface area contributed by atoms with Crippen LogP contribution in [0.25, 0.3) is 16.8 Å². The maximum Gasteiger partial charge on any atom is 0.246 e. The number of carbonyl (C=O) groups excluding carboxylic acids is 1. The third kappa shape index (κ3) is 3.31. The number of benzene rings is 1. The predicted molar refractivity (Wildman–Crippen MR) is 101 cm³/mol. The molecule has 1 amide bonds. The summed E-state index contributed by atoms with van der Waals surface area (Å²) in [5, 5.41) is 11.3. The van der Waals surface area contributed by atoms with Crippen LogP contribution in [0.4, 0.5) is 5.69 Å². The van der Waals surface area contributed by atoms with Crippen LogP contribution in [0.1, 0.15) is 24.3 Å². The van der Waals surface area contributed by atoms with Gasteiger partial charge in [0.25, 0.3) is 0 Å². The molecule has 1 fully saturated rings. The summed E-state index contributed by atoms with van der Waals surface area (Å²) < 4.78 is 3.34. The van der Waals surface area contributed by atoms with E-state index >= 15 is 0 Å². The van der Waals surface area contributed by atoms with Gasteiger partial charge in [-0.2, -0.15) is 10.2 Å². The molecule has 0 unspecified atom stereocenters. The molecule has 1 aliphatic carbocycles. The molecule has 1 saturated carbocycles. The van der Waals surface area contributed by atoms with E-state index in [1.807, 2.05) is 36.7 Å². The first-order chi connectivity index (χ1) is 13.2. The molecule has 0 aliphatic heterocycles. The summed E-state index contributed by atoms with van der Waals surface area (Å²) in [5.41, 5.74) is 4.86. The van der Waals surface area contributed by atoms with Crippen molar-refractivity contribution in [2.45, 2.75) is 25.3 Å². The largest absolute Gasteiger partial charge is 0.324 e. The van der Waals surface area contributed by atoms with E-state index in [1.165, 1.54) is 24.7 Å². The highest BCUT2D eigenvalue weighted by Crippen LogP contribution is 2.40. The van der Waals surface area contributed by atoms with Gasteiger partial charge in [0.05, 0.1) is 6.20 Å². The third-order valence-electron chi connectivity index (χ3n) is 4.80. The van der Waals surface area contributed by atoms with Crippen molar-refractivity contribution in [1.82, 2.24) is 24.4 Å². The number of amides is 1. The Morgan fingerprint density at radius 1 is 1.11 bits per heavy atom. The Morgan fingerprint density at radius 2 is 1.96 bits per heavy atom. The lowest BCUT2D eigenvalue weighted by Crippen LogP contribution is -2.18. The molecule has 7 nitrogen and oxygen atoms in total. The lowest BCUT2D eigenvalue weighted by Gasteiger charge is -2.06. The Bertz CT molecular complexity index is 1110. The number of hydrogen-bond donors (Lipinski definition) is 1. The monoisotopic (exact) mass is 358 g/mol. The average molecular weight is 358 g/mol. The molecule has 5 rings (SSSR count). The van der Waals surface area contributed by atoms with Crippen LogP contribution in [-0.2, 0) is 11.3 Å². The van der Waals surface area contributed by atoms with Crippen LogP contribution in [-0.4, -0.2) is 30.3 Å². The van der Waals surface area contributed by atoms with Gasteiger partial charge in [-0.15, -0.1) is 0 Å². The molecular weight excluding hydrogens is 340 g/mol. The van der Waals surface area contributed by atoms with Gasteiger partial charge in [-0.3, -0.25) is 9.48 Å². The summed E-state index contributed by atoms with van der Waals surface area (Å²) in [4.78, 5) is 16.5. The predicted octanol–water partition coefficient (Wildman–Crippen LogP) is 3.11. The van der Waals surface area contributed by atoms with Crippen molar-refractivity contribution in [3.63, 3.8) is 0 Å². The Hall–Kier alpha value is -3.48. The summed E-state index contributed by atoms with van der Waals surface area (Å²) in [5.74, 6) is 0.617. The molecule has 7 heteroatoms. The van der Waals surface area contributed by atoms with E-state index in [1.54, 1.807) is 15.4 Å². The smallest absolute Gasteiger partial charge is 0.246 e. The van der Waals surface area contributed by atoms with Gasteiger partial charge >= 0.3 is 0 Å². The number of nitrogens with zero attached hydrogens (tertiary/aromatic N) is 5. The Labute approximate surface area is 155 Å². The van der Waals surface area contributed by atoms with Crippen LogP contribution in [0.2, 0.25) is 0 Å². The fourth-order valence-corrected chi connectivity index (χ4v) is 3.20. The lowest BCUT2D eigenvalue weighted by molar-refractivity contribution is -0.116. The van der Waals surface area contributed by atoms with Crippen molar-refractivity contribution >= 4 is 17.2 Å². The molecule has 0 atom stereocenters. The maximum atomic E-state index is 12.3. The summed E-state index contributed by atoms with van der Waals surface area (Å²) in [6.07, 6.45) is 9.53.